The second kappa shape index (κ2) is 1.95. The van der Waals surface area contributed by atoms with E-state index >= 15 is 0 Å². The van der Waals surface area contributed by atoms with Crippen molar-refractivity contribution in [3.05, 3.63) is 24.1 Å². The molecule has 0 saturated carbocycles. The van der Waals surface area contributed by atoms with Crippen LogP contribution in [-0.4, -0.2) is 10.2 Å². The normalized spacial score (nSPS) is 10.6. The molecule has 3 nitrogen and oxygen atoms in total. The molecule has 1 aromatic carbocycles. The quantitative estimate of drug-likeness (QED) is 0.557. The maximum absolute atomic E-state index is 12.9. The molecule has 1 aromatic heterocycles. The summed E-state index contributed by atoms with van der Waals surface area (Å²) in [4.78, 5) is 0. The number of H-pyrrole nitrogens is 1. The zero-order valence-electron chi connectivity index (χ0n) is 5.63. The molecule has 0 spiro atoms. The average Bonchev–Trinajstić information content (AvgIpc) is 2.34. The van der Waals surface area contributed by atoms with E-state index in [0.717, 1.165) is 0 Å². The predicted molar refractivity (Wildman–Crippen MR) is 40.5 cm³/mol. The minimum atomic E-state index is -0.363. The number of nitrogen functional groups attached to an aromatic ring is 1. The third-order valence-corrected chi connectivity index (χ3v) is 1.52. The zero-order chi connectivity index (χ0) is 7.84. The Bertz CT molecular complexity index is 393. The van der Waals surface area contributed by atoms with Gasteiger partial charge in [0.05, 0.1) is 6.20 Å². The number of nitrogens with one attached hydrogen (secondary N) is 1. The number of nitrogens with zero attached hydrogens (tertiary/aromatic N) is 1. The number of halogens is 1. The molecular weight excluding hydrogens is 145 g/mol. The van der Waals surface area contributed by atoms with Crippen molar-refractivity contribution in [3.8, 4) is 0 Å². The van der Waals surface area contributed by atoms with Gasteiger partial charge in [-0.2, -0.15) is 5.10 Å². The van der Waals surface area contributed by atoms with Crippen LogP contribution in [0, 0.1) is 5.82 Å². The molecule has 0 atom stereocenters. The van der Waals surface area contributed by atoms with Crippen molar-refractivity contribution in [1.29, 1.82) is 0 Å². The summed E-state index contributed by atoms with van der Waals surface area (Å²) in [6.45, 7) is 0. The summed E-state index contributed by atoms with van der Waals surface area (Å²) in [5.41, 5.74) is 6.22. The van der Waals surface area contributed by atoms with Crippen molar-refractivity contribution in [2.45, 2.75) is 0 Å². The van der Waals surface area contributed by atoms with Crippen LogP contribution in [0.4, 0.5) is 10.1 Å². The van der Waals surface area contributed by atoms with E-state index in [1.165, 1.54) is 12.3 Å². The maximum atomic E-state index is 12.9. The summed E-state index contributed by atoms with van der Waals surface area (Å²) in [6.07, 6.45) is 1.54. The molecule has 0 bridgehead atoms. The monoisotopic (exact) mass is 151 g/mol. The van der Waals surface area contributed by atoms with Gasteiger partial charge in [-0.1, -0.05) is 0 Å². The molecule has 0 aliphatic rings. The summed E-state index contributed by atoms with van der Waals surface area (Å²) in [6, 6.07) is 2.93. The number of fused-ring (bicyclic) bond motifs is 1. The van der Waals surface area contributed by atoms with Crippen LogP contribution in [0.3, 0.4) is 0 Å². The summed E-state index contributed by atoms with van der Waals surface area (Å²) in [5, 5.41) is 6.91. The minimum absolute atomic E-state index is 0.363. The highest BCUT2D eigenvalue weighted by molar-refractivity contribution is 5.81. The zero-order valence-corrected chi connectivity index (χ0v) is 5.63. The molecule has 0 amide bonds. The van der Waals surface area contributed by atoms with Crippen molar-refractivity contribution < 1.29 is 4.39 Å². The second-order valence-electron chi connectivity index (χ2n) is 2.34. The molecule has 11 heavy (non-hydrogen) atoms. The lowest BCUT2D eigenvalue weighted by atomic mass is 10.2. The molecule has 3 N–H and O–H groups in total. The Balaban J connectivity index is 2.91. The first-order valence-corrected chi connectivity index (χ1v) is 3.15. The van der Waals surface area contributed by atoms with E-state index in [2.05, 4.69) is 10.2 Å². The van der Waals surface area contributed by atoms with Crippen LogP contribution in [0.2, 0.25) is 0 Å². The maximum Gasteiger partial charge on any atom is 0.150 e. The van der Waals surface area contributed by atoms with E-state index < -0.39 is 0 Å². The third kappa shape index (κ3) is 0.832. The lowest BCUT2D eigenvalue weighted by molar-refractivity contribution is 0.637. The lowest BCUT2D eigenvalue weighted by Crippen LogP contribution is -1.86. The van der Waals surface area contributed by atoms with Crippen LogP contribution >= 0.6 is 0 Å². The number of rotatable bonds is 0. The van der Waals surface area contributed by atoms with Gasteiger partial charge in [-0.15, -0.1) is 0 Å². The van der Waals surface area contributed by atoms with Gasteiger partial charge < -0.3 is 5.73 Å². The number of nitrogens with two attached hydrogens (primary N) is 1. The Hall–Kier alpha value is -1.58. The van der Waals surface area contributed by atoms with Crippen molar-refractivity contribution >= 4 is 16.6 Å². The molecule has 0 radical (unpaired) electrons. The highest BCUT2D eigenvalue weighted by Gasteiger charge is 2.02. The van der Waals surface area contributed by atoms with Gasteiger partial charge in [-0.05, 0) is 12.1 Å². The fraction of sp³-hybridized carbons (Fsp3) is 0. The highest BCUT2D eigenvalue weighted by atomic mass is 19.1. The van der Waals surface area contributed by atoms with Gasteiger partial charge in [0.15, 0.2) is 5.82 Å². The molecule has 0 fully saturated rings. The molecule has 2 rings (SSSR count). The van der Waals surface area contributed by atoms with E-state index in [0.29, 0.717) is 16.6 Å². The van der Waals surface area contributed by atoms with Crippen LogP contribution in [-0.2, 0) is 0 Å². The summed E-state index contributed by atoms with van der Waals surface area (Å²) in [5.74, 6) is -0.363. The number of anilines is 1. The smallest absolute Gasteiger partial charge is 0.150 e. The van der Waals surface area contributed by atoms with E-state index in [1.807, 2.05) is 0 Å². The largest absolute Gasteiger partial charge is 0.399 e. The standard InChI is InChI=1S/C7H6FN3/c8-6-2-5(9)1-4-3-10-11-7(4)6/h1-3H,9H2,(H,10,11). The van der Waals surface area contributed by atoms with Gasteiger partial charge in [-0.25, -0.2) is 4.39 Å². The van der Waals surface area contributed by atoms with Crippen LogP contribution in [0.5, 0.6) is 0 Å². The summed E-state index contributed by atoms with van der Waals surface area (Å²) < 4.78 is 12.9. The average molecular weight is 151 g/mol. The minimum Gasteiger partial charge on any atom is -0.399 e. The number of benzene rings is 1. The first kappa shape index (κ1) is 6.15. The molecule has 56 valence electrons. The Morgan fingerprint density at radius 3 is 3.09 bits per heavy atom. The van der Waals surface area contributed by atoms with Crippen LogP contribution in [0.15, 0.2) is 18.3 Å². The molecule has 2 aromatic rings. The molecule has 0 aliphatic heterocycles. The van der Waals surface area contributed by atoms with E-state index in [-0.39, 0.29) is 5.82 Å². The van der Waals surface area contributed by atoms with Gasteiger partial charge >= 0.3 is 0 Å². The number of aromatic nitrogens is 2. The number of aromatic amines is 1. The topological polar surface area (TPSA) is 54.7 Å². The molecular formula is C7H6FN3. The van der Waals surface area contributed by atoms with E-state index in [1.54, 1.807) is 6.07 Å². The molecule has 0 unspecified atom stereocenters. The number of hydrogen-bond donors (Lipinski definition) is 2. The Kier molecular flexibility index (Phi) is 1.09. The van der Waals surface area contributed by atoms with Crippen LogP contribution < -0.4 is 5.73 Å². The predicted octanol–water partition coefficient (Wildman–Crippen LogP) is 1.28. The lowest BCUT2D eigenvalue weighted by Gasteiger charge is -1.93. The fourth-order valence-corrected chi connectivity index (χ4v) is 1.04. The SMILES string of the molecule is Nc1cc(F)c2[nH]ncc2c1. The van der Waals surface area contributed by atoms with Crippen molar-refractivity contribution in [2.24, 2.45) is 0 Å². The molecule has 0 aliphatic carbocycles. The molecule has 0 saturated heterocycles. The third-order valence-electron chi connectivity index (χ3n) is 1.52. The van der Waals surface area contributed by atoms with E-state index in [4.69, 9.17) is 5.73 Å². The Morgan fingerprint density at radius 2 is 2.27 bits per heavy atom. The summed E-state index contributed by atoms with van der Waals surface area (Å²) in [7, 11) is 0. The molecule has 4 heteroatoms. The first-order valence-electron chi connectivity index (χ1n) is 3.15. The Morgan fingerprint density at radius 1 is 1.45 bits per heavy atom. The summed E-state index contributed by atoms with van der Waals surface area (Å²) >= 11 is 0. The van der Waals surface area contributed by atoms with Gasteiger partial charge in [-0.3, -0.25) is 5.10 Å². The highest BCUT2D eigenvalue weighted by Crippen LogP contribution is 2.17. The van der Waals surface area contributed by atoms with Crippen LogP contribution in [0.25, 0.3) is 10.9 Å². The van der Waals surface area contributed by atoms with Crippen LogP contribution in [0.1, 0.15) is 0 Å². The number of hydrogen-bond acceptors (Lipinski definition) is 2. The molecule has 1 heterocycles. The van der Waals surface area contributed by atoms with Gasteiger partial charge in [0.2, 0.25) is 0 Å². The van der Waals surface area contributed by atoms with Gasteiger partial charge in [0.1, 0.15) is 5.52 Å². The van der Waals surface area contributed by atoms with Gasteiger partial charge in [0, 0.05) is 11.1 Å². The van der Waals surface area contributed by atoms with Gasteiger partial charge in [0.25, 0.3) is 0 Å². The van der Waals surface area contributed by atoms with Crippen molar-refractivity contribution in [3.63, 3.8) is 0 Å². The first-order chi connectivity index (χ1) is 5.27. The second-order valence-corrected chi connectivity index (χ2v) is 2.34. The van der Waals surface area contributed by atoms with Crippen molar-refractivity contribution in [2.75, 3.05) is 5.73 Å². The Labute approximate surface area is 62.0 Å². The fourth-order valence-electron chi connectivity index (χ4n) is 1.04. The van der Waals surface area contributed by atoms with Crippen molar-refractivity contribution in [1.82, 2.24) is 10.2 Å². The van der Waals surface area contributed by atoms with E-state index in [9.17, 15) is 4.39 Å².